The van der Waals surface area contributed by atoms with E-state index < -0.39 is 18.2 Å². The first-order valence-electron chi connectivity index (χ1n) is 3.18. The van der Waals surface area contributed by atoms with E-state index in [2.05, 4.69) is 11.3 Å². The van der Waals surface area contributed by atoms with Gasteiger partial charge in [0.25, 0.3) is 0 Å². The van der Waals surface area contributed by atoms with E-state index >= 15 is 0 Å². The molecular weight excluding hydrogens is 173 g/mol. The zero-order chi connectivity index (χ0) is 9.94. The van der Waals surface area contributed by atoms with Crippen LogP contribution in [0.25, 0.3) is 0 Å². The van der Waals surface area contributed by atoms with Gasteiger partial charge in [-0.15, -0.1) is 0 Å². The molecule has 0 aromatic heterocycles. The zero-order valence-corrected chi connectivity index (χ0v) is 6.73. The smallest absolute Gasteiger partial charge is 0.425 e. The lowest BCUT2D eigenvalue weighted by atomic mass is 10.3. The van der Waals surface area contributed by atoms with E-state index in [4.69, 9.17) is 0 Å². The Hall–Kier alpha value is -1.00. The third-order valence-electron chi connectivity index (χ3n) is 1.09. The number of ether oxygens (including phenoxy) is 1. The summed E-state index contributed by atoms with van der Waals surface area (Å²) < 4.78 is 39.3. The summed E-state index contributed by atoms with van der Waals surface area (Å²) in [6, 6.07) is 0. The quantitative estimate of drug-likeness (QED) is 0.482. The Morgan fingerprint density at radius 2 is 1.92 bits per heavy atom. The SMILES string of the molecule is C=C(C)C(=O)OC(C)C(F)(F)F. The lowest BCUT2D eigenvalue weighted by Gasteiger charge is -2.15. The summed E-state index contributed by atoms with van der Waals surface area (Å²) in [6.45, 7) is 5.20. The van der Waals surface area contributed by atoms with Crippen molar-refractivity contribution in [3.63, 3.8) is 0 Å². The Morgan fingerprint density at radius 1 is 1.50 bits per heavy atom. The molecule has 0 aliphatic carbocycles. The number of esters is 1. The van der Waals surface area contributed by atoms with Gasteiger partial charge in [0.15, 0.2) is 6.10 Å². The van der Waals surface area contributed by atoms with Crippen LogP contribution in [-0.2, 0) is 9.53 Å². The summed E-state index contributed by atoms with van der Waals surface area (Å²) in [5.74, 6) is -1.03. The van der Waals surface area contributed by atoms with Gasteiger partial charge in [-0.2, -0.15) is 13.2 Å². The molecule has 1 unspecified atom stereocenters. The van der Waals surface area contributed by atoms with E-state index in [-0.39, 0.29) is 5.57 Å². The molecule has 0 spiro atoms. The van der Waals surface area contributed by atoms with Gasteiger partial charge in [-0.1, -0.05) is 6.58 Å². The van der Waals surface area contributed by atoms with Crippen molar-refractivity contribution in [1.82, 2.24) is 0 Å². The average molecular weight is 182 g/mol. The molecule has 1 atom stereocenters. The monoisotopic (exact) mass is 182 g/mol. The minimum atomic E-state index is -4.51. The largest absolute Gasteiger partial charge is 0.450 e. The minimum absolute atomic E-state index is 0.0499. The maximum atomic E-state index is 11.8. The van der Waals surface area contributed by atoms with E-state index in [1.807, 2.05) is 0 Å². The van der Waals surface area contributed by atoms with Gasteiger partial charge < -0.3 is 4.74 Å². The van der Waals surface area contributed by atoms with Crippen molar-refractivity contribution in [3.8, 4) is 0 Å². The molecule has 0 saturated heterocycles. The van der Waals surface area contributed by atoms with Crippen molar-refractivity contribution in [3.05, 3.63) is 12.2 Å². The summed E-state index contributed by atoms with van der Waals surface area (Å²) in [4.78, 5) is 10.6. The number of carbonyl (C=O) groups excluding carboxylic acids is 1. The van der Waals surface area contributed by atoms with Crippen molar-refractivity contribution in [2.75, 3.05) is 0 Å². The normalized spacial score (nSPS) is 13.8. The van der Waals surface area contributed by atoms with Crippen LogP contribution in [0.1, 0.15) is 13.8 Å². The van der Waals surface area contributed by atoms with Crippen molar-refractivity contribution in [2.24, 2.45) is 0 Å². The summed E-state index contributed by atoms with van der Waals surface area (Å²) in [5, 5.41) is 0. The first kappa shape index (κ1) is 11.0. The molecule has 0 N–H and O–H groups in total. The highest BCUT2D eigenvalue weighted by Gasteiger charge is 2.39. The lowest BCUT2D eigenvalue weighted by molar-refractivity contribution is -0.213. The molecule has 0 aromatic rings. The topological polar surface area (TPSA) is 26.3 Å². The van der Waals surface area contributed by atoms with Gasteiger partial charge in [0.2, 0.25) is 0 Å². The van der Waals surface area contributed by atoms with Gasteiger partial charge in [0.05, 0.1) is 0 Å². The van der Waals surface area contributed by atoms with Gasteiger partial charge in [0, 0.05) is 5.57 Å². The van der Waals surface area contributed by atoms with Gasteiger partial charge >= 0.3 is 12.1 Å². The van der Waals surface area contributed by atoms with Gasteiger partial charge in [-0.25, -0.2) is 4.79 Å². The molecule has 2 nitrogen and oxygen atoms in total. The number of alkyl halides is 3. The molecule has 0 aliphatic heterocycles. The minimum Gasteiger partial charge on any atom is -0.450 e. The lowest BCUT2D eigenvalue weighted by Crippen LogP contribution is -2.30. The van der Waals surface area contributed by atoms with Crippen LogP contribution < -0.4 is 0 Å². The fourth-order valence-electron chi connectivity index (χ4n) is 0.328. The van der Waals surface area contributed by atoms with E-state index in [9.17, 15) is 18.0 Å². The number of hydrogen-bond donors (Lipinski definition) is 0. The summed E-state index contributed by atoms with van der Waals surface area (Å²) >= 11 is 0. The highest BCUT2D eigenvalue weighted by atomic mass is 19.4. The van der Waals surface area contributed by atoms with Crippen molar-refractivity contribution in [1.29, 1.82) is 0 Å². The van der Waals surface area contributed by atoms with Gasteiger partial charge in [0.1, 0.15) is 0 Å². The summed E-state index contributed by atoms with van der Waals surface area (Å²) in [7, 11) is 0. The van der Waals surface area contributed by atoms with E-state index in [1.165, 1.54) is 6.92 Å². The Labute approximate surface area is 68.0 Å². The molecular formula is C7H9F3O2. The Morgan fingerprint density at radius 3 is 2.17 bits per heavy atom. The van der Waals surface area contributed by atoms with Crippen LogP contribution in [0.15, 0.2) is 12.2 Å². The van der Waals surface area contributed by atoms with Crippen molar-refractivity contribution >= 4 is 5.97 Å². The van der Waals surface area contributed by atoms with Crippen LogP contribution >= 0.6 is 0 Å². The van der Waals surface area contributed by atoms with Crippen LogP contribution in [0.2, 0.25) is 0 Å². The zero-order valence-electron chi connectivity index (χ0n) is 6.73. The molecule has 0 aliphatic rings. The summed E-state index contributed by atoms with van der Waals surface area (Å²) in [5.41, 5.74) is -0.0499. The summed E-state index contributed by atoms with van der Waals surface area (Å²) in [6.07, 6.45) is -6.59. The number of hydrogen-bond acceptors (Lipinski definition) is 2. The molecule has 0 aromatic carbocycles. The van der Waals surface area contributed by atoms with Crippen LogP contribution in [0.3, 0.4) is 0 Å². The van der Waals surface area contributed by atoms with Crippen LogP contribution in [0.5, 0.6) is 0 Å². The second-order valence-electron chi connectivity index (χ2n) is 2.37. The number of carbonyl (C=O) groups is 1. The molecule has 12 heavy (non-hydrogen) atoms. The first-order chi connectivity index (χ1) is 5.25. The molecule has 0 saturated carbocycles. The second-order valence-corrected chi connectivity index (χ2v) is 2.37. The molecule has 0 amide bonds. The van der Waals surface area contributed by atoms with Crippen LogP contribution in [0, 0.1) is 0 Å². The first-order valence-corrected chi connectivity index (χ1v) is 3.18. The highest BCUT2D eigenvalue weighted by molar-refractivity contribution is 5.87. The van der Waals surface area contributed by atoms with E-state index in [1.54, 1.807) is 0 Å². The second kappa shape index (κ2) is 3.60. The molecule has 0 fully saturated rings. The fraction of sp³-hybridized carbons (Fsp3) is 0.571. The third kappa shape index (κ3) is 3.41. The van der Waals surface area contributed by atoms with Crippen LogP contribution in [0.4, 0.5) is 13.2 Å². The molecule has 5 heteroatoms. The predicted octanol–water partition coefficient (Wildman–Crippen LogP) is 2.06. The Balaban J connectivity index is 4.11. The maximum Gasteiger partial charge on any atom is 0.425 e. The molecule has 0 heterocycles. The fourth-order valence-corrected chi connectivity index (χ4v) is 0.328. The molecule has 0 radical (unpaired) electrons. The van der Waals surface area contributed by atoms with Gasteiger partial charge in [-0.3, -0.25) is 0 Å². The third-order valence-corrected chi connectivity index (χ3v) is 1.09. The van der Waals surface area contributed by atoms with Crippen molar-refractivity contribution in [2.45, 2.75) is 26.1 Å². The van der Waals surface area contributed by atoms with Gasteiger partial charge in [-0.05, 0) is 13.8 Å². The number of halogens is 3. The molecule has 70 valence electrons. The van der Waals surface area contributed by atoms with E-state index in [0.717, 1.165) is 6.92 Å². The highest BCUT2D eigenvalue weighted by Crippen LogP contribution is 2.22. The van der Waals surface area contributed by atoms with E-state index in [0.29, 0.717) is 0 Å². The Bertz CT molecular complexity index is 195. The standard InChI is InChI=1S/C7H9F3O2/c1-4(2)6(11)12-5(3)7(8,9)10/h5H,1H2,2-3H3. The van der Waals surface area contributed by atoms with Crippen molar-refractivity contribution < 1.29 is 22.7 Å². The number of rotatable bonds is 2. The van der Waals surface area contributed by atoms with Crippen LogP contribution in [-0.4, -0.2) is 18.2 Å². The average Bonchev–Trinajstić information content (AvgIpc) is 1.85. The maximum absolute atomic E-state index is 11.8. The molecule has 0 bridgehead atoms. The molecule has 0 rings (SSSR count). The Kier molecular flexibility index (Phi) is 3.30. The predicted molar refractivity (Wildman–Crippen MR) is 36.4 cm³/mol.